The van der Waals surface area contributed by atoms with Gasteiger partial charge in [-0.05, 0) is 128 Å². The van der Waals surface area contributed by atoms with Crippen molar-refractivity contribution in [1.29, 1.82) is 0 Å². The van der Waals surface area contributed by atoms with E-state index in [0.717, 1.165) is 148 Å². The lowest BCUT2D eigenvalue weighted by Crippen LogP contribution is -2.30. The zero-order chi connectivity index (χ0) is 48.6. The summed E-state index contributed by atoms with van der Waals surface area (Å²) in [4.78, 5) is 38.1. The maximum Gasteiger partial charge on any atom is 0.306 e. The van der Waals surface area contributed by atoms with Crippen molar-refractivity contribution in [3.63, 3.8) is 0 Å². The summed E-state index contributed by atoms with van der Waals surface area (Å²) >= 11 is 0. The Labute approximate surface area is 412 Å². The molecule has 0 aliphatic heterocycles. The third kappa shape index (κ3) is 52.6. The van der Waals surface area contributed by atoms with Gasteiger partial charge in [0.25, 0.3) is 0 Å². The van der Waals surface area contributed by atoms with Crippen LogP contribution < -0.4 is 0 Å². The van der Waals surface area contributed by atoms with E-state index >= 15 is 0 Å². The molecule has 0 spiro atoms. The molecule has 0 saturated heterocycles. The van der Waals surface area contributed by atoms with E-state index in [-0.39, 0.29) is 31.1 Å². The molecule has 0 amide bonds. The maximum absolute atomic E-state index is 12.8. The molecule has 1 atom stereocenters. The monoisotopic (exact) mass is 927 g/mol. The molecule has 0 saturated carbocycles. The summed E-state index contributed by atoms with van der Waals surface area (Å²) < 4.78 is 16.8. The smallest absolute Gasteiger partial charge is 0.306 e. The number of ether oxygens (including phenoxy) is 3. The third-order valence-electron chi connectivity index (χ3n) is 10.9. The molecule has 378 valence electrons. The summed E-state index contributed by atoms with van der Waals surface area (Å²) in [6.45, 7) is 6.33. The van der Waals surface area contributed by atoms with Crippen LogP contribution in [0, 0.1) is 0 Å². The van der Waals surface area contributed by atoms with Gasteiger partial charge in [-0.3, -0.25) is 14.4 Å². The fraction of sp³-hybridized carbons (Fsp3) is 0.623. The van der Waals surface area contributed by atoms with Crippen LogP contribution in [0.25, 0.3) is 0 Å². The molecule has 0 rings (SSSR count). The van der Waals surface area contributed by atoms with Crippen LogP contribution in [0.3, 0.4) is 0 Å². The first kappa shape index (κ1) is 62.8. The van der Waals surface area contributed by atoms with E-state index < -0.39 is 6.10 Å². The van der Waals surface area contributed by atoms with Crippen LogP contribution in [-0.2, 0) is 28.6 Å². The largest absolute Gasteiger partial charge is 0.462 e. The number of rotatable bonds is 47. The standard InChI is InChI=1S/C61H98O6/c1-4-7-10-13-16-19-22-25-27-29-30-32-34-37-39-42-45-48-51-54-60(63)66-57-58(67-61(64)55-52-49-46-43-40-35-24-21-18-15-12-9-6-3)56-65-59(62)53-50-47-44-41-38-36-33-31-28-26-23-20-17-14-11-8-5-2/h7-8,10-11,16-17,19-21,24-28,30,32-33,36-37,39,58H,4-6,9,12-15,18,22-23,29,31,34-35,38,40-57H2,1-3H3/b10-7-,11-8-,19-16-,20-17-,24-21-,27-25-,28-26-,32-30-,36-33-,39-37-/t58-/m0/s1. The van der Waals surface area contributed by atoms with E-state index in [2.05, 4.69) is 142 Å². The minimum atomic E-state index is -0.810. The molecule has 67 heavy (non-hydrogen) atoms. The van der Waals surface area contributed by atoms with Crippen molar-refractivity contribution in [2.75, 3.05) is 13.2 Å². The highest BCUT2D eigenvalue weighted by atomic mass is 16.6. The summed E-state index contributed by atoms with van der Waals surface area (Å²) in [6.07, 6.45) is 74.6. The average molecular weight is 927 g/mol. The van der Waals surface area contributed by atoms with Gasteiger partial charge >= 0.3 is 17.9 Å². The second kappa shape index (κ2) is 54.4. The Kier molecular flexibility index (Phi) is 51.0. The summed E-state index contributed by atoms with van der Waals surface area (Å²) in [7, 11) is 0. The van der Waals surface area contributed by atoms with Crippen molar-refractivity contribution in [2.45, 2.75) is 232 Å². The number of unbranched alkanes of at least 4 members (excludes halogenated alkanes) is 16. The molecular formula is C61H98O6. The lowest BCUT2D eigenvalue weighted by molar-refractivity contribution is -0.167. The van der Waals surface area contributed by atoms with E-state index in [9.17, 15) is 14.4 Å². The molecule has 0 N–H and O–H groups in total. The zero-order valence-corrected chi connectivity index (χ0v) is 43.1. The Morgan fingerprint density at radius 3 is 0.940 bits per heavy atom. The molecular weight excluding hydrogens is 829 g/mol. The quantitative estimate of drug-likeness (QED) is 0.0262. The first-order chi connectivity index (χ1) is 33.0. The lowest BCUT2D eigenvalue weighted by atomic mass is 10.1. The molecule has 0 aromatic heterocycles. The minimum absolute atomic E-state index is 0.108. The van der Waals surface area contributed by atoms with Crippen molar-refractivity contribution >= 4 is 17.9 Å². The number of allylic oxidation sites excluding steroid dienone is 20. The second-order valence-electron chi connectivity index (χ2n) is 17.4. The fourth-order valence-corrected chi connectivity index (χ4v) is 6.92. The zero-order valence-electron chi connectivity index (χ0n) is 43.1. The van der Waals surface area contributed by atoms with Gasteiger partial charge in [0.05, 0.1) is 0 Å². The summed E-state index contributed by atoms with van der Waals surface area (Å²) in [5, 5.41) is 0. The topological polar surface area (TPSA) is 78.9 Å². The van der Waals surface area contributed by atoms with E-state index in [1.165, 1.54) is 38.5 Å². The number of carbonyl (C=O) groups excluding carboxylic acids is 3. The van der Waals surface area contributed by atoms with Gasteiger partial charge < -0.3 is 14.2 Å². The highest BCUT2D eigenvalue weighted by Crippen LogP contribution is 2.13. The normalized spacial score (nSPS) is 13.1. The molecule has 0 fully saturated rings. The van der Waals surface area contributed by atoms with Gasteiger partial charge in [0.2, 0.25) is 0 Å². The Balaban J connectivity index is 4.51. The molecule has 0 heterocycles. The van der Waals surface area contributed by atoms with Gasteiger partial charge in [-0.1, -0.05) is 200 Å². The molecule has 0 aliphatic carbocycles. The molecule has 0 aromatic carbocycles. The van der Waals surface area contributed by atoms with Crippen molar-refractivity contribution in [2.24, 2.45) is 0 Å². The van der Waals surface area contributed by atoms with Gasteiger partial charge in [-0.2, -0.15) is 0 Å². The van der Waals surface area contributed by atoms with Crippen LogP contribution in [0.15, 0.2) is 122 Å². The number of hydrogen-bond acceptors (Lipinski definition) is 6. The van der Waals surface area contributed by atoms with E-state index in [1.54, 1.807) is 0 Å². The SMILES string of the molecule is CC/C=C\C/C=C\C/C=C\C/C=C\C/C=C\CCCCCC(=O)OC[C@H](COC(=O)CCCCCC/C=C\C/C=C\C/C=C\C/C=C\CC)OC(=O)CCCCCCC/C=C\CCCCCC. The van der Waals surface area contributed by atoms with Crippen molar-refractivity contribution in [1.82, 2.24) is 0 Å². The van der Waals surface area contributed by atoms with Crippen LogP contribution >= 0.6 is 0 Å². The summed E-state index contributed by atoms with van der Waals surface area (Å²) in [6, 6.07) is 0. The van der Waals surface area contributed by atoms with Gasteiger partial charge in [0.15, 0.2) is 6.10 Å². The molecule has 0 bridgehead atoms. The first-order valence-electron chi connectivity index (χ1n) is 27.0. The number of hydrogen-bond donors (Lipinski definition) is 0. The highest BCUT2D eigenvalue weighted by molar-refractivity contribution is 5.71. The average Bonchev–Trinajstić information content (AvgIpc) is 3.33. The van der Waals surface area contributed by atoms with Crippen LogP contribution in [0.5, 0.6) is 0 Å². The molecule has 6 nitrogen and oxygen atoms in total. The lowest BCUT2D eigenvalue weighted by Gasteiger charge is -2.18. The van der Waals surface area contributed by atoms with Gasteiger partial charge in [-0.25, -0.2) is 0 Å². The highest BCUT2D eigenvalue weighted by Gasteiger charge is 2.19. The maximum atomic E-state index is 12.8. The molecule has 0 aromatic rings. The Morgan fingerprint density at radius 2 is 0.582 bits per heavy atom. The third-order valence-corrected chi connectivity index (χ3v) is 10.9. The predicted octanol–water partition coefficient (Wildman–Crippen LogP) is 18.1. The summed E-state index contributed by atoms with van der Waals surface area (Å²) in [5.74, 6) is -0.976. The van der Waals surface area contributed by atoms with E-state index in [0.29, 0.717) is 19.3 Å². The first-order valence-corrected chi connectivity index (χ1v) is 27.0. The van der Waals surface area contributed by atoms with Crippen LogP contribution in [0.2, 0.25) is 0 Å². The van der Waals surface area contributed by atoms with Crippen LogP contribution in [0.1, 0.15) is 226 Å². The Morgan fingerprint density at radius 1 is 0.313 bits per heavy atom. The molecule has 6 heteroatoms. The van der Waals surface area contributed by atoms with Crippen molar-refractivity contribution in [3.8, 4) is 0 Å². The predicted molar refractivity (Wildman–Crippen MR) is 288 cm³/mol. The number of esters is 3. The second-order valence-corrected chi connectivity index (χ2v) is 17.4. The minimum Gasteiger partial charge on any atom is -0.462 e. The molecule has 0 aliphatic rings. The fourth-order valence-electron chi connectivity index (χ4n) is 6.92. The Hall–Kier alpha value is -4.19. The van der Waals surface area contributed by atoms with Crippen LogP contribution in [0.4, 0.5) is 0 Å². The van der Waals surface area contributed by atoms with E-state index in [4.69, 9.17) is 14.2 Å². The Bertz CT molecular complexity index is 1440. The van der Waals surface area contributed by atoms with Crippen molar-refractivity contribution < 1.29 is 28.6 Å². The van der Waals surface area contributed by atoms with Gasteiger partial charge in [0, 0.05) is 19.3 Å². The van der Waals surface area contributed by atoms with Crippen LogP contribution in [-0.4, -0.2) is 37.2 Å². The van der Waals surface area contributed by atoms with Gasteiger partial charge in [0.1, 0.15) is 13.2 Å². The summed E-state index contributed by atoms with van der Waals surface area (Å²) in [5.41, 5.74) is 0. The van der Waals surface area contributed by atoms with E-state index in [1.807, 2.05) is 0 Å². The van der Waals surface area contributed by atoms with Gasteiger partial charge in [-0.15, -0.1) is 0 Å². The molecule has 0 radical (unpaired) electrons. The number of carbonyl (C=O) groups is 3. The molecule has 0 unspecified atom stereocenters. The van der Waals surface area contributed by atoms with Crippen molar-refractivity contribution in [3.05, 3.63) is 122 Å².